The van der Waals surface area contributed by atoms with Crippen molar-refractivity contribution in [1.82, 2.24) is 24.6 Å². The van der Waals surface area contributed by atoms with Gasteiger partial charge in [-0.1, -0.05) is 24.3 Å². The molecule has 36 heavy (non-hydrogen) atoms. The summed E-state index contributed by atoms with van der Waals surface area (Å²) in [5.41, 5.74) is 6.91. The first-order valence-electron chi connectivity index (χ1n) is 12.2. The van der Waals surface area contributed by atoms with Gasteiger partial charge in [0.15, 0.2) is 0 Å². The summed E-state index contributed by atoms with van der Waals surface area (Å²) in [6, 6.07) is 10.4. The van der Waals surface area contributed by atoms with E-state index >= 15 is 0 Å². The Morgan fingerprint density at radius 3 is 2.89 bits per heavy atom. The van der Waals surface area contributed by atoms with E-state index in [1.807, 2.05) is 35.9 Å². The fourth-order valence-corrected chi connectivity index (χ4v) is 6.06. The van der Waals surface area contributed by atoms with Crippen LogP contribution in [0.25, 0.3) is 16.1 Å². The number of carbonyl (C=O) groups is 1. The van der Waals surface area contributed by atoms with Crippen molar-refractivity contribution in [2.75, 3.05) is 20.2 Å². The van der Waals surface area contributed by atoms with Gasteiger partial charge in [-0.3, -0.25) is 9.78 Å². The normalized spacial score (nSPS) is 22.6. The van der Waals surface area contributed by atoms with Crippen molar-refractivity contribution < 1.29 is 14.6 Å². The molecule has 2 aliphatic heterocycles. The van der Waals surface area contributed by atoms with Gasteiger partial charge in [-0.25, -0.2) is 4.98 Å². The third kappa shape index (κ3) is 3.92. The molecule has 1 amide bonds. The summed E-state index contributed by atoms with van der Waals surface area (Å²) < 4.78 is 7.50. The van der Waals surface area contributed by atoms with Crippen molar-refractivity contribution in [3.8, 4) is 10.4 Å². The average molecular weight is 504 g/mol. The maximum absolute atomic E-state index is 13.5. The number of thiazole rings is 1. The molecule has 6 rings (SSSR count). The largest absolute Gasteiger partial charge is 0.389 e. The lowest BCUT2D eigenvalue weighted by Gasteiger charge is -2.48. The number of methoxy groups -OCH3 is 1. The van der Waals surface area contributed by atoms with Gasteiger partial charge >= 0.3 is 0 Å². The SMILES string of the molecule is CO[C@H](C)c1cc(-c2cncs2)cn2cc(C(=O)N3CC[C@]4(Cc5ccccc5CN4)[C@H](O)C3)nc12. The highest BCUT2D eigenvalue weighted by Gasteiger charge is 2.45. The number of ether oxygens (including phenoxy) is 1. The second kappa shape index (κ2) is 9.08. The zero-order valence-corrected chi connectivity index (χ0v) is 21.2. The standard InChI is InChI=1S/C27H29N5O3S/c1-17(35-2)21-9-20(23-12-28-16-36-23)13-32-14-22(30-25(21)32)26(34)31-8-7-27(24(33)15-31)10-18-5-3-4-6-19(18)11-29-27/h3-6,9,12-14,16-17,24,29,33H,7-8,10-11,15H2,1-2H3/t17-,24-,27+/m1/s1. The maximum atomic E-state index is 13.5. The van der Waals surface area contributed by atoms with Crippen LogP contribution in [0.4, 0.5) is 0 Å². The fourth-order valence-electron chi connectivity index (χ4n) is 5.46. The monoisotopic (exact) mass is 503 g/mol. The summed E-state index contributed by atoms with van der Waals surface area (Å²) in [7, 11) is 1.66. The van der Waals surface area contributed by atoms with E-state index in [2.05, 4.69) is 28.5 Å². The number of β-amino-alcohol motifs (C(OH)–C–C–N with tert-alkyl or cyclic N) is 1. The molecule has 1 fully saturated rings. The maximum Gasteiger partial charge on any atom is 0.274 e. The Morgan fingerprint density at radius 1 is 1.31 bits per heavy atom. The molecule has 8 nitrogen and oxygen atoms in total. The molecule has 0 saturated carbocycles. The van der Waals surface area contributed by atoms with E-state index in [-0.39, 0.29) is 18.6 Å². The number of imidazole rings is 1. The highest BCUT2D eigenvalue weighted by molar-refractivity contribution is 7.13. The molecule has 9 heteroatoms. The van der Waals surface area contributed by atoms with E-state index in [0.29, 0.717) is 24.3 Å². The number of pyridine rings is 1. The molecule has 1 saturated heterocycles. The Labute approximate surface area is 213 Å². The van der Waals surface area contributed by atoms with Gasteiger partial charge in [-0.15, -0.1) is 11.3 Å². The van der Waals surface area contributed by atoms with Gasteiger partial charge in [-0.05, 0) is 37.0 Å². The minimum Gasteiger partial charge on any atom is -0.389 e. The van der Waals surface area contributed by atoms with Crippen LogP contribution in [-0.4, -0.2) is 62.1 Å². The van der Waals surface area contributed by atoms with E-state index in [1.54, 1.807) is 35.1 Å². The molecule has 1 aromatic carbocycles. The number of hydrogen-bond acceptors (Lipinski definition) is 7. The van der Waals surface area contributed by atoms with Gasteiger partial charge in [0.25, 0.3) is 5.91 Å². The smallest absolute Gasteiger partial charge is 0.274 e. The molecule has 0 radical (unpaired) electrons. The first-order chi connectivity index (χ1) is 17.5. The third-order valence-electron chi connectivity index (χ3n) is 7.71. The van der Waals surface area contributed by atoms with Crippen LogP contribution < -0.4 is 5.32 Å². The molecule has 3 aromatic heterocycles. The van der Waals surface area contributed by atoms with Crippen molar-refractivity contribution in [3.05, 3.63) is 76.8 Å². The van der Waals surface area contributed by atoms with Crippen LogP contribution in [0.3, 0.4) is 0 Å². The second-order valence-electron chi connectivity index (χ2n) is 9.76. The quantitative estimate of drug-likeness (QED) is 0.443. The molecule has 5 heterocycles. The molecule has 2 N–H and O–H groups in total. The lowest BCUT2D eigenvalue weighted by atomic mass is 9.76. The van der Waals surface area contributed by atoms with Crippen LogP contribution in [0.15, 0.2) is 54.4 Å². The predicted molar refractivity (Wildman–Crippen MR) is 138 cm³/mol. The number of aliphatic hydroxyl groups is 1. The van der Waals surface area contributed by atoms with E-state index in [1.165, 1.54) is 11.1 Å². The summed E-state index contributed by atoms with van der Waals surface area (Å²) in [6.07, 6.45) is 6.17. The van der Waals surface area contributed by atoms with Gasteiger partial charge in [0.2, 0.25) is 0 Å². The van der Waals surface area contributed by atoms with Crippen LogP contribution >= 0.6 is 11.3 Å². The highest BCUT2D eigenvalue weighted by Crippen LogP contribution is 2.33. The number of nitrogens with zero attached hydrogens (tertiary/aromatic N) is 4. The van der Waals surface area contributed by atoms with Crippen molar-refractivity contribution in [1.29, 1.82) is 0 Å². The molecule has 1 spiro atoms. The molecule has 186 valence electrons. The summed E-state index contributed by atoms with van der Waals surface area (Å²) >= 11 is 1.56. The molecule has 3 atom stereocenters. The van der Waals surface area contributed by atoms with Crippen LogP contribution in [0.5, 0.6) is 0 Å². The molecular weight excluding hydrogens is 474 g/mol. The number of hydrogen-bond donors (Lipinski definition) is 2. The van der Waals surface area contributed by atoms with Crippen molar-refractivity contribution >= 4 is 22.9 Å². The number of aliphatic hydroxyl groups excluding tert-OH is 1. The van der Waals surface area contributed by atoms with E-state index in [0.717, 1.165) is 29.0 Å². The Balaban J connectivity index is 1.27. The number of carbonyl (C=O) groups excluding carboxylic acids is 1. The van der Waals surface area contributed by atoms with Gasteiger partial charge in [0.05, 0.1) is 28.1 Å². The first-order valence-corrected chi connectivity index (χ1v) is 13.1. The lowest BCUT2D eigenvalue weighted by Crippen LogP contribution is -2.65. The van der Waals surface area contributed by atoms with Crippen molar-refractivity contribution in [2.45, 2.75) is 44.1 Å². The number of amides is 1. The molecular formula is C27H29N5O3S. The van der Waals surface area contributed by atoms with Crippen LogP contribution in [0.1, 0.15) is 46.6 Å². The number of aromatic nitrogens is 3. The molecule has 0 bridgehead atoms. The molecule has 2 aliphatic rings. The van der Waals surface area contributed by atoms with E-state index in [9.17, 15) is 9.90 Å². The Kier molecular flexibility index (Phi) is 5.88. The van der Waals surface area contributed by atoms with Crippen LogP contribution in [-0.2, 0) is 17.7 Å². The van der Waals surface area contributed by atoms with Gasteiger partial charge in [-0.2, -0.15) is 0 Å². The van der Waals surface area contributed by atoms with Gasteiger partial charge in [0, 0.05) is 56.5 Å². The first kappa shape index (κ1) is 23.3. The summed E-state index contributed by atoms with van der Waals surface area (Å²) in [4.78, 5) is 25.2. The average Bonchev–Trinajstić information content (AvgIpc) is 3.59. The molecule has 0 aliphatic carbocycles. The molecule has 4 aromatic rings. The Bertz CT molecular complexity index is 1420. The minimum atomic E-state index is -0.664. The van der Waals surface area contributed by atoms with E-state index < -0.39 is 11.6 Å². The van der Waals surface area contributed by atoms with Gasteiger partial charge in [0.1, 0.15) is 11.3 Å². The Hall–Kier alpha value is -3.11. The number of benzene rings is 1. The topological polar surface area (TPSA) is 92.0 Å². The zero-order valence-electron chi connectivity index (χ0n) is 20.3. The fraction of sp³-hybridized carbons (Fsp3) is 0.370. The van der Waals surface area contributed by atoms with Crippen LogP contribution in [0, 0.1) is 0 Å². The summed E-state index contributed by atoms with van der Waals surface area (Å²) in [6.45, 7) is 3.54. The third-order valence-corrected chi connectivity index (χ3v) is 8.53. The number of piperidine rings is 1. The van der Waals surface area contributed by atoms with Gasteiger partial charge < -0.3 is 24.5 Å². The lowest BCUT2D eigenvalue weighted by molar-refractivity contribution is -0.0140. The summed E-state index contributed by atoms with van der Waals surface area (Å²) in [5.74, 6) is -0.167. The van der Waals surface area contributed by atoms with Crippen molar-refractivity contribution in [3.63, 3.8) is 0 Å². The Morgan fingerprint density at radius 2 is 2.14 bits per heavy atom. The van der Waals surface area contributed by atoms with E-state index in [4.69, 9.17) is 9.72 Å². The number of nitrogens with one attached hydrogen (secondary N) is 1. The summed E-state index contributed by atoms with van der Waals surface area (Å²) in [5, 5.41) is 14.8. The van der Waals surface area contributed by atoms with Crippen LogP contribution in [0.2, 0.25) is 0 Å². The molecule has 0 unspecified atom stereocenters. The number of likely N-dealkylation sites (tertiary alicyclic amines) is 1. The zero-order chi connectivity index (χ0) is 24.9. The minimum absolute atomic E-state index is 0.167. The predicted octanol–water partition coefficient (Wildman–Crippen LogP) is 3.46. The van der Waals surface area contributed by atoms with Crippen molar-refractivity contribution in [2.24, 2.45) is 0 Å². The highest BCUT2D eigenvalue weighted by atomic mass is 32.1. The number of rotatable bonds is 4. The second-order valence-corrected chi connectivity index (χ2v) is 10.6. The number of fused-ring (bicyclic) bond motifs is 2.